The number of esters is 1. The minimum absolute atomic E-state index is 0.280. The number of rotatable bonds is 7. The number of aliphatic hydroxyl groups is 1. The summed E-state index contributed by atoms with van der Waals surface area (Å²) in [5, 5.41) is 10.5. The standard InChI is InChI=1S/C18H20O5/c1-2-3-4-5-14(19)8-11-17(20)22-15-9-6-13-7-10-18(21)23-16(13)12-15/h6-12,14,19H,2-5H2,1H3. The Morgan fingerprint density at radius 2 is 2.09 bits per heavy atom. The first-order chi connectivity index (χ1) is 11.1. The molecule has 0 amide bonds. The third-order valence-corrected chi connectivity index (χ3v) is 3.37. The van der Waals surface area contributed by atoms with Crippen LogP contribution in [0, 0.1) is 0 Å². The van der Waals surface area contributed by atoms with Crippen LogP contribution in [0.15, 0.2) is 51.7 Å². The van der Waals surface area contributed by atoms with Gasteiger partial charge < -0.3 is 14.3 Å². The fourth-order valence-electron chi connectivity index (χ4n) is 2.14. The molecule has 1 N–H and O–H groups in total. The van der Waals surface area contributed by atoms with Crippen LogP contribution in [0.25, 0.3) is 11.0 Å². The Bertz CT molecular complexity index is 744. The molecule has 2 rings (SSSR count). The van der Waals surface area contributed by atoms with Crippen LogP contribution in [-0.2, 0) is 4.79 Å². The fourth-order valence-corrected chi connectivity index (χ4v) is 2.14. The van der Waals surface area contributed by atoms with Crippen molar-refractivity contribution < 1.29 is 19.1 Å². The van der Waals surface area contributed by atoms with Crippen LogP contribution in [0.1, 0.15) is 32.6 Å². The molecule has 2 aromatic rings. The molecule has 0 aliphatic heterocycles. The molecule has 1 atom stereocenters. The van der Waals surface area contributed by atoms with Gasteiger partial charge in [0.05, 0.1) is 6.10 Å². The molecule has 0 saturated carbocycles. The lowest BCUT2D eigenvalue weighted by atomic mass is 10.1. The van der Waals surface area contributed by atoms with E-state index in [1.54, 1.807) is 18.2 Å². The number of ether oxygens (including phenoxy) is 1. The molecule has 0 radical (unpaired) electrons. The summed E-state index contributed by atoms with van der Waals surface area (Å²) in [4.78, 5) is 22.9. The van der Waals surface area contributed by atoms with Crippen LogP contribution in [0.5, 0.6) is 5.75 Å². The predicted octanol–water partition coefficient (Wildman–Crippen LogP) is 3.20. The highest BCUT2D eigenvalue weighted by Crippen LogP contribution is 2.19. The van der Waals surface area contributed by atoms with Gasteiger partial charge in [-0.2, -0.15) is 0 Å². The average Bonchev–Trinajstić information content (AvgIpc) is 2.53. The van der Waals surface area contributed by atoms with Gasteiger partial charge in [-0.25, -0.2) is 9.59 Å². The Labute approximate surface area is 134 Å². The minimum Gasteiger partial charge on any atom is -0.423 e. The van der Waals surface area contributed by atoms with E-state index in [0.29, 0.717) is 12.0 Å². The van der Waals surface area contributed by atoms with Crippen LogP contribution in [0.3, 0.4) is 0 Å². The fraction of sp³-hybridized carbons (Fsp3) is 0.333. The van der Waals surface area contributed by atoms with E-state index >= 15 is 0 Å². The van der Waals surface area contributed by atoms with Crippen molar-refractivity contribution in [2.45, 2.75) is 38.7 Å². The summed E-state index contributed by atoms with van der Waals surface area (Å²) in [5.74, 6) is -0.306. The van der Waals surface area contributed by atoms with Crippen molar-refractivity contribution in [1.82, 2.24) is 0 Å². The SMILES string of the molecule is CCCCCC(O)C=CC(=O)Oc1ccc2ccc(=O)oc2c1. The van der Waals surface area contributed by atoms with E-state index in [2.05, 4.69) is 6.92 Å². The topological polar surface area (TPSA) is 76.7 Å². The van der Waals surface area contributed by atoms with Crippen LogP contribution in [-0.4, -0.2) is 17.2 Å². The number of hydrogen-bond donors (Lipinski definition) is 1. The summed E-state index contributed by atoms with van der Waals surface area (Å²) >= 11 is 0. The number of aliphatic hydroxyl groups excluding tert-OH is 1. The maximum Gasteiger partial charge on any atom is 0.336 e. The summed E-state index contributed by atoms with van der Waals surface area (Å²) in [7, 11) is 0. The summed E-state index contributed by atoms with van der Waals surface area (Å²) in [5.41, 5.74) is -0.109. The normalized spacial score (nSPS) is 12.6. The molecule has 1 aromatic carbocycles. The van der Waals surface area contributed by atoms with E-state index in [9.17, 15) is 14.7 Å². The monoisotopic (exact) mass is 316 g/mol. The molecule has 0 aliphatic carbocycles. The van der Waals surface area contributed by atoms with Crippen molar-refractivity contribution in [3.05, 3.63) is 52.9 Å². The number of carbonyl (C=O) groups is 1. The third kappa shape index (κ3) is 5.38. The van der Waals surface area contributed by atoms with Gasteiger partial charge in [-0.1, -0.05) is 26.2 Å². The number of hydrogen-bond acceptors (Lipinski definition) is 5. The minimum atomic E-state index is -0.649. The lowest BCUT2D eigenvalue weighted by Gasteiger charge is -2.05. The van der Waals surface area contributed by atoms with Crippen LogP contribution >= 0.6 is 0 Å². The summed E-state index contributed by atoms with van der Waals surface area (Å²) < 4.78 is 10.2. The van der Waals surface area contributed by atoms with E-state index in [4.69, 9.17) is 9.15 Å². The maximum absolute atomic E-state index is 11.7. The predicted molar refractivity (Wildman–Crippen MR) is 87.4 cm³/mol. The largest absolute Gasteiger partial charge is 0.423 e. The Morgan fingerprint density at radius 1 is 1.30 bits per heavy atom. The van der Waals surface area contributed by atoms with Crippen LogP contribution in [0.2, 0.25) is 0 Å². The van der Waals surface area contributed by atoms with Crippen LogP contribution in [0.4, 0.5) is 0 Å². The second kappa shape index (κ2) is 8.29. The molecule has 1 unspecified atom stereocenters. The van der Waals surface area contributed by atoms with Crippen molar-refractivity contribution >= 4 is 16.9 Å². The Balaban J connectivity index is 1.95. The molecular weight excluding hydrogens is 296 g/mol. The molecule has 0 saturated heterocycles. The van der Waals surface area contributed by atoms with Gasteiger partial charge in [0.2, 0.25) is 0 Å². The van der Waals surface area contributed by atoms with Gasteiger partial charge in [-0.05, 0) is 30.7 Å². The quantitative estimate of drug-likeness (QED) is 0.279. The van der Waals surface area contributed by atoms with E-state index < -0.39 is 17.7 Å². The van der Waals surface area contributed by atoms with Gasteiger partial charge in [0.1, 0.15) is 11.3 Å². The molecule has 5 nitrogen and oxygen atoms in total. The zero-order valence-corrected chi connectivity index (χ0v) is 13.0. The molecule has 0 spiro atoms. The van der Waals surface area contributed by atoms with Gasteiger partial charge in [-0.15, -0.1) is 0 Å². The highest BCUT2D eigenvalue weighted by molar-refractivity contribution is 5.85. The lowest BCUT2D eigenvalue weighted by molar-refractivity contribution is -0.129. The molecule has 0 bridgehead atoms. The maximum atomic E-state index is 11.7. The van der Waals surface area contributed by atoms with Gasteiger partial charge >= 0.3 is 11.6 Å². The highest BCUT2D eigenvalue weighted by Gasteiger charge is 2.05. The molecule has 1 aromatic heterocycles. The van der Waals surface area contributed by atoms with Crippen molar-refractivity contribution in [1.29, 1.82) is 0 Å². The Morgan fingerprint density at radius 3 is 2.87 bits per heavy atom. The summed E-state index contributed by atoms with van der Waals surface area (Å²) in [6, 6.07) is 7.77. The first-order valence-electron chi connectivity index (χ1n) is 7.70. The number of carbonyl (C=O) groups excluding carboxylic acids is 1. The molecule has 122 valence electrons. The summed E-state index contributed by atoms with van der Waals surface area (Å²) in [6.07, 6.45) is 5.67. The second-order valence-electron chi connectivity index (χ2n) is 5.30. The van der Waals surface area contributed by atoms with Crippen molar-refractivity contribution in [3.63, 3.8) is 0 Å². The van der Waals surface area contributed by atoms with E-state index in [-0.39, 0.29) is 5.75 Å². The Kier molecular flexibility index (Phi) is 6.11. The van der Waals surface area contributed by atoms with Gasteiger partial charge in [0, 0.05) is 23.6 Å². The van der Waals surface area contributed by atoms with Crippen LogP contribution < -0.4 is 10.4 Å². The second-order valence-corrected chi connectivity index (χ2v) is 5.30. The number of unbranched alkanes of at least 4 members (excludes halogenated alkanes) is 2. The van der Waals surface area contributed by atoms with Crippen molar-refractivity contribution in [2.75, 3.05) is 0 Å². The van der Waals surface area contributed by atoms with Gasteiger partial charge in [0.25, 0.3) is 0 Å². The zero-order valence-electron chi connectivity index (χ0n) is 13.0. The first-order valence-corrected chi connectivity index (χ1v) is 7.70. The molecule has 0 aliphatic rings. The van der Waals surface area contributed by atoms with Crippen molar-refractivity contribution in [3.8, 4) is 5.75 Å². The van der Waals surface area contributed by atoms with E-state index in [0.717, 1.165) is 24.6 Å². The highest BCUT2D eigenvalue weighted by atomic mass is 16.5. The average molecular weight is 316 g/mol. The first kappa shape index (κ1) is 17.0. The number of benzene rings is 1. The summed E-state index contributed by atoms with van der Waals surface area (Å²) in [6.45, 7) is 2.09. The molecule has 0 fully saturated rings. The Hall–Kier alpha value is -2.40. The zero-order chi connectivity index (χ0) is 16.7. The van der Waals surface area contributed by atoms with Gasteiger partial charge in [-0.3, -0.25) is 0 Å². The van der Waals surface area contributed by atoms with Gasteiger partial charge in [0.15, 0.2) is 0 Å². The molecule has 1 heterocycles. The van der Waals surface area contributed by atoms with Crippen molar-refractivity contribution in [2.24, 2.45) is 0 Å². The smallest absolute Gasteiger partial charge is 0.336 e. The number of fused-ring (bicyclic) bond motifs is 1. The molecule has 5 heteroatoms. The lowest BCUT2D eigenvalue weighted by Crippen LogP contribution is -2.07. The van der Waals surface area contributed by atoms with E-state index in [1.807, 2.05) is 0 Å². The molecular formula is C18H20O5. The third-order valence-electron chi connectivity index (χ3n) is 3.37. The molecule has 23 heavy (non-hydrogen) atoms. The van der Waals surface area contributed by atoms with E-state index in [1.165, 1.54) is 24.3 Å².